The van der Waals surface area contributed by atoms with Gasteiger partial charge in [0.1, 0.15) is 0 Å². The fourth-order valence-corrected chi connectivity index (χ4v) is 3.16. The molecule has 0 fully saturated rings. The summed E-state index contributed by atoms with van der Waals surface area (Å²) in [6, 6.07) is 9.56. The van der Waals surface area contributed by atoms with Gasteiger partial charge in [0.05, 0.1) is 0 Å². The fourth-order valence-electron chi connectivity index (χ4n) is 1.37. The lowest BCUT2D eigenvalue weighted by Gasteiger charge is -2.08. The van der Waals surface area contributed by atoms with E-state index in [1.807, 2.05) is 54.6 Å². The Bertz CT molecular complexity index is 421. The van der Waals surface area contributed by atoms with Crippen LogP contribution in [-0.2, 0) is 4.57 Å². The molecule has 1 aromatic carbocycles. The zero-order valence-corrected chi connectivity index (χ0v) is 8.60. The third-order valence-electron chi connectivity index (χ3n) is 2.11. The van der Waals surface area contributed by atoms with E-state index >= 15 is 0 Å². The first-order valence-corrected chi connectivity index (χ1v) is 6.35. The molecule has 1 aliphatic rings. The molecule has 2 heteroatoms. The Morgan fingerprint density at radius 3 is 1.93 bits per heavy atom. The van der Waals surface area contributed by atoms with E-state index in [-0.39, 0.29) is 0 Å². The number of benzene rings is 1. The summed E-state index contributed by atoms with van der Waals surface area (Å²) in [7, 11) is -2.43. The Kier molecular flexibility index (Phi) is 2.51. The summed E-state index contributed by atoms with van der Waals surface area (Å²) in [6.07, 6.45) is 7.46. The summed E-state index contributed by atoms with van der Waals surface area (Å²) < 4.78 is 12.4. The monoisotopic (exact) mass is 202 g/mol. The van der Waals surface area contributed by atoms with E-state index in [9.17, 15) is 4.57 Å². The average Bonchev–Trinajstić information content (AvgIpc) is 2.46. The van der Waals surface area contributed by atoms with Crippen molar-refractivity contribution in [3.63, 3.8) is 0 Å². The molecule has 0 N–H and O–H groups in total. The van der Waals surface area contributed by atoms with Crippen molar-refractivity contribution in [2.45, 2.75) is 0 Å². The third kappa shape index (κ3) is 1.78. The molecular weight excluding hydrogens is 191 g/mol. The van der Waals surface area contributed by atoms with Crippen LogP contribution in [0, 0.1) is 0 Å². The number of allylic oxidation sites excluding steroid dienone is 4. The molecule has 1 nitrogen and oxygen atoms in total. The first-order valence-electron chi connectivity index (χ1n) is 4.50. The van der Waals surface area contributed by atoms with Gasteiger partial charge in [0, 0.05) is 5.30 Å². The van der Waals surface area contributed by atoms with Gasteiger partial charge in [0.15, 0.2) is 7.14 Å². The molecule has 0 atom stereocenters. The van der Waals surface area contributed by atoms with Gasteiger partial charge in [-0.15, -0.1) is 0 Å². The van der Waals surface area contributed by atoms with Crippen molar-refractivity contribution < 1.29 is 4.57 Å². The molecule has 0 unspecified atom stereocenters. The van der Waals surface area contributed by atoms with E-state index < -0.39 is 7.14 Å². The van der Waals surface area contributed by atoms with Gasteiger partial charge in [0.25, 0.3) is 0 Å². The number of hydrogen-bond acceptors (Lipinski definition) is 1. The molecule has 0 aromatic heterocycles. The first-order chi connectivity index (χ1) is 6.81. The summed E-state index contributed by atoms with van der Waals surface area (Å²) >= 11 is 0. The molecule has 0 bridgehead atoms. The van der Waals surface area contributed by atoms with Crippen LogP contribution >= 0.6 is 7.14 Å². The van der Waals surface area contributed by atoms with Gasteiger partial charge < -0.3 is 4.57 Å². The SMILES string of the molecule is O=P1(c2ccccc2)C=CC=CC=C1. The molecule has 2 rings (SSSR count). The first kappa shape index (κ1) is 9.23. The predicted octanol–water partition coefficient (Wildman–Crippen LogP) is 3.27. The van der Waals surface area contributed by atoms with Crippen LogP contribution in [-0.4, -0.2) is 0 Å². The molecule has 14 heavy (non-hydrogen) atoms. The van der Waals surface area contributed by atoms with Crippen LogP contribution < -0.4 is 5.30 Å². The van der Waals surface area contributed by atoms with Crippen molar-refractivity contribution in [2.24, 2.45) is 0 Å². The maximum atomic E-state index is 12.4. The minimum Gasteiger partial charge on any atom is -0.310 e. The highest BCUT2D eigenvalue weighted by atomic mass is 31.2. The minimum absolute atomic E-state index is 0.885. The lowest BCUT2D eigenvalue weighted by Crippen LogP contribution is -1.99. The van der Waals surface area contributed by atoms with Crippen molar-refractivity contribution in [3.05, 3.63) is 66.3 Å². The molecule has 1 aromatic rings. The lowest BCUT2D eigenvalue weighted by atomic mass is 10.4. The Balaban J connectivity index is 2.48. The molecule has 70 valence electrons. The predicted molar refractivity (Wildman–Crippen MR) is 61.1 cm³/mol. The van der Waals surface area contributed by atoms with Crippen LogP contribution in [0.3, 0.4) is 0 Å². The van der Waals surface area contributed by atoms with Crippen molar-refractivity contribution in [3.8, 4) is 0 Å². The second-order valence-corrected chi connectivity index (χ2v) is 5.64. The van der Waals surface area contributed by atoms with Gasteiger partial charge >= 0.3 is 0 Å². The summed E-state index contributed by atoms with van der Waals surface area (Å²) in [5, 5.41) is 0.885. The summed E-state index contributed by atoms with van der Waals surface area (Å²) in [5.74, 6) is 3.56. The fraction of sp³-hybridized carbons (Fsp3) is 0. The van der Waals surface area contributed by atoms with Crippen LogP contribution in [0.2, 0.25) is 0 Å². The van der Waals surface area contributed by atoms with E-state index in [1.165, 1.54) is 0 Å². The van der Waals surface area contributed by atoms with Gasteiger partial charge in [-0.2, -0.15) is 0 Å². The second kappa shape index (κ2) is 3.81. The smallest absolute Gasteiger partial charge is 0.157 e. The maximum absolute atomic E-state index is 12.4. The number of rotatable bonds is 1. The van der Waals surface area contributed by atoms with Crippen molar-refractivity contribution in [1.29, 1.82) is 0 Å². The molecule has 0 spiro atoms. The van der Waals surface area contributed by atoms with E-state index in [2.05, 4.69) is 0 Å². The van der Waals surface area contributed by atoms with Crippen LogP contribution in [0.15, 0.2) is 66.3 Å². The van der Waals surface area contributed by atoms with Crippen molar-refractivity contribution in [2.75, 3.05) is 0 Å². The Labute approximate surface area is 83.8 Å². The second-order valence-electron chi connectivity index (χ2n) is 3.11. The topological polar surface area (TPSA) is 17.1 Å². The maximum Gasteiger partial charge on any atom is 0.157 e. The molecule has 0 aliphatic carbocycles. The summed E-state index contributed by atoms with van der Waals surface area (Å²) in [6.45, 7) is 0. The quantitative estimate of drug-likeness (QED) is 0.639. The van der Waals surface area contributed by atoms with Crippen LogP contribution in [0.5, 0.6) is 0 Å². The minimum atomic E-state index is -2.43. The molecule has 0 saturated carbocycles. The Morgan fingerprint density at radius 1 is 0.786 bits per heavy atom. The van der Waals surface area contributed by atoms with Gasteiger partial charge in [-0.1, -0.05) is 54.6 Å². The van der Waals surface area contributed by atoms with Crippen LogP contribution in [0.4, 0.5) is 0 Å². The summed E-state index contributed by atoms with van der Waals surface area (Å²) in [4.78, 5) is 0. The highest BCUT2D eigenvalue weighted by Crippen LogP contribution is 2.48. The van der Waals surface area contributed by atoms with Gasteiger partial charge in [-0.05, 0) is 11.6 Å². The van der Waals surface area contributed by atoms with Crippen LogP contribution in [0.1, 0.15) is 0 Å². The zero-order valence-electron chi connectivity index (χ0n) is 7.71. The van der Waals surface area contributed by atoms with E-state index in [0.29, 0.717) is 0 Å². The van der Waals surface area contributed by atoms with Gasteiger partial charge in [-0.25, -0.2) is 0 Å². The highest BCUT2D eigenvalue weighted by Gasteiger charge is 2.16. The Hall–Kier alpha value is -1.33. The summed E-state index contributed by atoms with van der Waals surface area (Å²) in [5.41, 5.74) is 0. The molecule has 0 saturated heterocycles. The molecule has 1 aliphatic heterocycles. The van der Waals surface area contributed by atoms with E-state index in [1.54, 1.807) is 11.6 Å². The van der Waals surface area contributed by atoms with E-state index in [0.717, 1.165) is 5.30 Å². The highest BCUT2D eigenvalue weighted by molar-refractivity contribution is 7.77. The molecule has 0 radical (unpaired) electrons. The van der Waals surface area contributed by atoms with Crippen molar-refractivity contribution in [1.82, 2.24) is 0 Å². The number of hydrogen-bond donors (Lipinski definition) is 0. The third-order valence-corrected chi connectivity index (χ3v) is 4.44. The standard InChI is InChI=1S/C12H11OP/c13-14(10-6-1-2-7-11-14)12-8-4-3-5-9-12/h1-11H. The zero-order chi connectivity index (χ0) is 9.86. The molecular formula is C12H11OP. The van der Waals surface area contributed by atoms with Crippen molar-refractivity contribution >= 4 is 12.4 Å². The lowest BCUT2D eigenvalue weighted by molar-refractivity contribution is 0.592. The Morgan fingerprint density at radius 2 is 1.36 bits per heavy atom. The van der Waals surface area contributed by atoms with Gasteiger partial charge in [-0.3, -0.25) is 0 Å². The molecule has 1 heterocycles. The normalized spacial score (nSPS) is 18.0. The van der Waals surface area contributed by atoms with Crippen LogP contribution in [0.25, 0.3) is 0 Å². The average molecular weight is 202 g/mol. The van der Waals surface area contributed by atoms with E-state index in [4.69, 9.17) is 0 Å². The molecule has 0 amide bonds. The largest absolute Gasteiger partial charge is 0.310 e. The van der Waals surface area contributed by atoms with Gasteiger partial charge in [0.2, 0.25) is 0 Å².